The fraction of sp³-hybridized carbons (Fsp3) is 0.308. The predicted octanol–water partition coefficient (Wildman–Crippen LogP) is 2.78. The van der Waals surface area contributed by atoms with Crippen molar-refractivity contribution in [1.82, 2.24) is 20.3 Å². The number of nitrogens with one attached hydrogen (secondary N) is 1. The van der Waals surface area contributed by atoms with Crippen LogP contribution in [-0.4, -0.2) is 26.2 Å². The molecule has 0 radical (unpaired) electrons. The van der Waals surface area contributed by atoms with E-state index in [-0.39, 0.29) is 12.3 Å². The molecule has 0 saturated heterocycles. The highest BCUT2D eigenvalue weighted by atomic mass is 32.1. The van der Waals surface area contributed by atoms with Gasteiger partial charge in [0.1, 0.15) is 5.01 Å². The standard InChI is InChI=1S/C13H13N5O2S2/c1-2-11-16-17-13(22-11)14-9(19)3-4-10-15-12(18-20-10)8-5-6-21-7-8/h5-7H,2-4H2,1H3,(H,14,17,19). The number of carbonyl (C=O) groups excluding carboxylic acids is 1. The van der Waals surface area contributed by atoms with Gasteiger partial charge in [-0.25, -0.2) is 0 Å². The zero-order valence-electron chi connectivity index (χ0n) is 11.8. The van der Waals surface area contributed by atoms with E-state index in [0.717, 1.165) is 17.0 Å². The maximum Gasteiger partial charge on any atom is 0.227 e. The molecule has 0 fully saturated rings. The molecule has 1 N–H and O–H groups in total. The third kappa shape index (κ3) is 3.55. The summed E-state index contributed by atoms with van der Waals surface area (Å²) in [5.74, 6) is 0.852. The molecule has 1 amide bonds. The lowest BCUT2D eigenvalue weighted by Crippen LogP contribution is -2.12. The molecule has 0 aliphatic heterocycles. The van der Waals surface area contributed by atoms with E-state index in [1.54, 1.807) is 11.3 Å². The van der Waals surface area contributed by atoms with Gasteiger partial charge in [0.05, 0.1) is 0 Å². The highest BCUT2D eigenvalue weighted by Crippen LogP contribution is 2.19. The fourth-order valence-electron chi connectivity index (χ4n) is 1.71. The van der Waals surface area contributed by atoms with E-state index in [4.69, 9.17) is 4.52 Å². The van der Waals surface area contributed by atoms with E-state index < -0.39 is 0 Å². The quantitative estimate of drug-likeness (QED) is 0.744. The molecule has 0 aliphatic rings. The molecule has 0 atom stereocenters. The molecule has 3 heterocycles. The Kier molecular flexibility index (Phi) is 4.54. The summed E-state index contributed by atoms with van der Waals surface area (Å²) in [4.78, 5) is 16.1. The van der Waals surface area contributed by atoms with Gasteiger partial charge in [0.15, 0.2) is 0 Å². The van der Waals surface area contributed by atoms with Crippen molar-refractivity contribution in [1.29, 1.82) is 0 Å². The monoisotopic (exact) mass is 335 g/mol. The summed E-state index contributed by atoms with van der Waals surface area (Å²) in [5.41, 5.74) is 0.922. The van der Waals surface area contributed by atoms with Gasteiger partial charge in [-0.1, -0.05) is 23.4 Å². The van der Waals surface area contributed by atoms with Gasteiger partial charge in [-0.05, 0) is 17.9 Å². The van der Waals surface area contributed by atoms with Crippen molar-refractivity contribution in [2.45, 2.75) is 26.2 Å². The maximum absolute atomic E-state index is 11.9. The molecule has 3 aromatic rings. The van der Waals surface area contributed by atoms with E-state index >= 15 is 0 Å². The Bertz CT molecular complexity index is 750. The highest BCUT2D eigenvalue weighted by Gasteiger charge is 2.12. The number of thiophene rings is 1. The van der Waals surface area contributed by atoms with Gasteiger partial charge >= 0.3 is 0 Å². The number of rotatable bonds is 6. The van der Waals surface area contributed by atoms with Crippen molar-refractivity contribution < 1.29 is 9.32 Å². The van der Waals surface area contributed by atoms with Crippen LogP contribution in [0.3, 0.4) is 0 Å². The third-order valence-corrected chi connectivity index (χ3v) is 4.50. The first-order chi connectivity index (χ1) is 10.7. The van der Waals surface area contributed by atoms with Crippen LogP contribution in [0, 0.1) is 0 Å². The molecule has 7 nitrogen and oxygen atoms in total. The normalized spacial score (nSPS) is 10.8. The summed E-state index contributed by atoms with van der Waals surface area (Å²) in [6, 6.07) is 1.92. The second kappa shape index (κ2) is 6.75. The molecule has 9 heteroatoms. The fourth-order valence-corrected chi connectivity index (χ4v) is 3.04. The number of aryl methyl sites for hydroxylation is 2. The molecule has 0 aliphatic carbocycles. The number of aromatic nitrogens is 4. The van der Waals surface area contributed by atoms with Gasteiger partial charge < -0.3 is 9.84 Å². The van der Waals surface area contributed by atoms with Crippen LogP contribution < -0.4 is 5.32 Å². The van der Waals surface area contributed by atoms with Crippen LogP contribution >= 0.6 is 22.7 Å². The first-order valence-corrected chi connectivity index (χ1v) is 8.48. The second-order valence-corrected chi connectivity index (χ2v) is 6.27. The topological polar surface area (TPSA) is 93.8 Å². The first-order valence-electron chi connectivity index (χ1n) is 6.72. The highest BCUT2D eigenvalue weighted by molar-refractivity contribution is 7.15. The number of nitrogens with zero attached hydrogens (tertiary/aromatic N) is 4. The number of hydrogen-bond donors (Lipinski definition) is 1. The van der Waals surface area contributed by atoms with Crippen LogP contribution in [0.5, 0.6) is 0 Å². The Balaban J connectivity index is 1.52. The van der Waals surface area contributed by atoms with Gasteiger partial charge in [-0.3, -0.25) is 4.79 Å². The van der Waals surface area contributed by atoms with Crippen LogP contribution in [0.2, 0.25) is 0 Å². The SMILES string of the molecule is CCc1nnc(NC(=O)CCc2nc(-c3ccsc3)no2)s1. The lowest BCUT2D eigenvalue weighted by Gasteiger charge is -1.97. The molecular weight excluding hydrogens is 322 g/mol. The van der Waals surface area contributed by atoms with Crippen LogP contribution in [-0.2, 0) is 17.6 Å². The van der Waals surface area contributed by atoms with Crippen LogP contribution in [0.15, 0.2) is 21.3 Å². The molecule has 0 unspecified atom stereocenters. The molecule has 0 aromatic carbocycles. The Labute approximate surface area is 134 Å². The zero-order chi connectivity index (χ0) is 15.4. The molecule has 0 bridgehead atoms. The number of amides is 1. The molecule has 3 aromatic heterocycles. The summed E-state index contributed by atoms with van der Waals surface area (Å²) in [7, 11) is 0. The van der Waals surface area contributed by atoms with E-state index in [9.17, 15) is 4.79 Å². The minimum Gasteiger partial charge on any atom is -0.339 e. The smallest absolute Gasteiger partial charge is 0.227 e. The molecule has 114 valence electrons. The Morgan fingerprint density at radius 2 is 2.32 bits per heavy atom. The van der Waals surface area contributed by atoms with Crippen LogP contribution in [0.1, 0.15) is 24.2 Å². The Morgan fingerprint density at radius 1 is 1.41 bits per heavy atom. The van der Waals surface area contributed by atoms with E-state index in [0.29, 0.717) is 23.3 Å². The van der Waals surface area contributed by atoms with Crippen molar-refractivity contribution >= 4 is 33.7 Å². The van der Waals surface area contributed by atoms with Gasteiger partial charge in [-0.2, -0.15) is 16.3 Å². The zero-order valence-corrected chi connectivity index (χ0v) is 13.4. The largest absolute Gasteiger partial charge is 0.339 e. The van der Waals surface area contributed by atoms with Crippen molar-refractivity contribution in [3.63, 3.8) is 0 Å². The summed E-state index contributed by atoms with van der Waals surface area (Å²) < 4.78 is 5.15. The molecular formula is C13H13N5O2S2. The molecule has 0 saturated carbocycles. The Hall–Kier alpha value is -2.13. The van der Waals surface area contributed by atoms with Crippen molar-refractivity contribution in [3.05, 3.63) is 27.7 Å². The van der Waals surface area contributed by atoms with Crippen molar-refractivity contribution in [2.75, 3.05) is 5.32 Å². The minimum absolute atomic E-state index is 0.144. The lowest BCUT2D eigenvalue weighted by atomic mass is 10.3. The molecule has 3 rings (SSSR count). The van der Waals surface area contributed by atoms with Gasteiger partial charge in [0.2, 0.25) is 22.8 Å². The van der Waals surface area contributed by atoms with Crippen molar-refractivity contribution in [2.24, 2.45) is 0 Å². The van der Waals surface area contributed by atoms with E-state index in [2.05, 4.69) is 25.7 Å². The summed E-state index contributed by atoms with van der Waals surface area (Å²) in [5, 5.41) is 19.8. The van der Waals surface area contributed by atoms with Gasteiger partial charge in [0.25, 0.3) is 0 Å². The number of hydrogen-bond acceptors (Lipinski definition) is 8. The van der Waals surface area contributed by atoms with Gasteiger partial charge in [-0.15, -0.1) is 10.2 Å². The van der Waals surface area contributed by atoms with E-state index in [1.165, 1.54) is 11.3 Å². The van der Waals surface area contributed by atoms with Crippen LogP contribution in [0.25, 0.3) is 11.4 Å². The molecule has 0 spiro atoms. The maximum atomic E-state index is 11.9. The number of anilines is 1. The number of carbonyl (C=O) groups is 1. The second-order valence-electron chi connectivity index (χ2n) is 4.43. The lowest BCUT2D eigenvalue weighted by molar-refractivity contribution is -0.116. The minimum atomic E-state index is -0.144. The third-order valence-electron chi connectivity index (χ3n) is 2.83. The molecule has 22 heavy (non-hydrogen) atoms. The summed E-state index contributed by atoms with van der Waals surface area (Å²) in [6.07, 6.45) is 1.45. The predicted molar refractivity (Wildman–Crippen MR) is 83.8 cm³/mol. The van der Waals surface area contributed by atoms with Gasteiger partial charge in [0, 0.05) is 23.8 Å². The average Bonchev–Trinajstić information content (AvgIpc) is 3.25. The van der Waals surface area contributed by atoms with E-state index in [1.807, 2.05) is 23.8 Å². The summed E-state index contributed by atoms with van der Waals surface area (Å²) in [6.45, 7) is 1.99. The average molecular weight is 335 g/mol. The van der Waals surface area contributed by atoms with Crippen molar-refractivity contribution in [3.8, 4) is 11.4 Å². The first kappa shape index (κ1) is 14.8. The summed E-state index contributed by atoms with van der Waals surface area (Å²) >= 11 is 2.95. The Morgan fingerprint density at radius 3 is 3.05 bits per heavy atom. The van der Waals surface area contributed by atoms with Crippen LogP contribution in [0.4, 0.5) is 5.13 Å².